The molecule has 1 atom stereocenters. The van der Waals surface area contributed by atoms with Crippen LogP contribution < -0.4 is 24.3 Å². The molecule has 0 fully saturated rings. The molecule has 1 unspecified atom stereocenters. The van der Waals surface area contributed by atoms with Gasteiger partial charge >= 0.3 is 5.97 Å². The van der Waals surface area contributed by atoms with Gasteiger partial charge in [0.2, 0.25) is 0 Å². The highest BCUT2D eigenvalue weighted by molar-refractivity contribution is 5.95. The van der Waals surface area contributed by atoms with Gasteiger partial charge in [-0.1, -0.05) is 0 Å². The first kappa shape index (κ1) is 19.3. The van der Waals surface area contributed by atoms with Crippen LogP contribution in [0.4, 0.5) is 0 Å². The van der Waals surface area contributed by atoms with Gasteiger partial charge in [-0.15, -0.1) is 0 Å². The van der Waals surface area contributed by atoms with Gasteiger partial charge in [-0.2, -0.15) is 0 Å². The number of ether oxygens (including phenoxy) is 4. The molecular formula is C20H21NO7. The van der Waals surface area contributed by atoms with E-state index >= 15 is 0 Å². The van der Waals surface area contributed by atoms with Gasteiger partial charge in [0, 0.05) is 17.2 Å². The van der Waals surface area contributed by atoms with Crippen molar-refractivity contribution in [3.63, 3.8) is 0 Å². The predicted molar refractivity (Wildman–Crippen MR) is 99.4 cm³/mol. The lowest BCUT2D eigenvalue weighted by Gasteiger charge is -2.22. The number of rotatable bonds is 7. The van der Waals surface area contributed by atoms with Crippen LogP contribution in [0.15, 0.2) is 36.4 Å². The topological polar surface area (TPSA) is 103 Å². The molecule has 8 heteroatoms. The minimum absolute atomic E-state index is 0.307. The number of amides is 1. The largest absolute Gasteiger partial charge is 0.497 e. The zero-order chi connectivity index (χ0) is 20.1. The number of methoxy groups -OCH3 is 2. The first-order valence-electron chi connectivity index (χ1n) is 8.66. The van der Waals surface area contributed by atoms with E-state index in [9.17, 15) is 14.7 Å². The van der Waals surface area contributed by atoms with Crippen molar-refractivity contribution in [3.05, 3.63) is 47.5 Å². The minimum Gasteiger partial charge on any atom is -0.497 e. The van der Waals surface area contributed by atoms with Crippen LogP contribution in [0.1, 0.15) is 28.4 Å². The van der Waals surface area contributed by atoms with Crippen LogP contribution in [0.5, 0.6) is 23.0 Å². The normalized spacial score (nSPS) is 13.4. The Morgan fingerprint density at radius 1 is 1.07 bits per heavy atom. The molecule has 8 nitrogen and oxygen atoms in total. The van der Waals surface area contributed by atoms with Gasteiger partial charge in [-0.25, -0.2) is 0 Å². The van der Waals surface area contributed by atoms with Gasteiger partial charge in [0.25, 0.3) is 5.91 Å². The van der Waals surface area contributed by atoms with Gasteiger partial charge in [-0.05, 0) is 30.3 Å². The fraction of sp³-hybridized carbons (Fsp3) is 0.300. The molecule has 0 spiro atoms. The highest BCUT2D eigenvalue weighted by Gasteiger charge is 2.23. The number of aliphatic carboxylic acids is 1. The SMILES string of the molecule is COc1ccc(C(CC(=O)O)NC(=O)c2ccc3c(c2)OCCO3)c(OC)c1. The zero-order valence-electron chi connectivity index (χ0n) is 15.6. The summed E-state index contributed by atoms with van der Waals surface area (Å²) >= 11 is 0. The molecular weight excluding hydrogens is 366 g/mol. The predicted octanol–water partition coefficient (Wildman–Crippen LogP) is 2.42. The molecule has 148 valence electrons. The van der Waals surface area contributed by atoms with Crippen molar-refractivity contribution in [2.45, 2.75) is 12.5 Å². The van der Waals surface area contributed by atoms with Crippen molar-refractivity contribution in [2.75, 3.05) is 27.4 Å². The highest BCUT2D eigenvalue weighted by atomic mass is 16.6. The molecule has 2 aromatic carbocycles. The molecule has 0 aromatic heterocycles. The van der Waals surface area contributed by atoms with Crippen LogP contribution in [0.2, 0.25) is 0 Å². The summed E-state index contributed by atoms with van der Waals surface area (Å²) in [5, 5.41) is 12.1. The number of nitrogens with one attached hydrogen (secondary N) is 1. The summed E-state index contributed by atoms with van der Waals surface area (Å²) in [6, 6.07) is 9.04. The molecule has 0 aliphatic carbocycles. The van der Waals surface area contributed by atoms with Crippen molar-refractivity contribution in [1.82, 2.24) is 5.32 Å². The Kier molecular flexibility index (Phi) is 5.88. The summed E-state index contributed by atoms with van der Waals surface area (Å²) in [5.74, 6) is 0.560. The Labute approximate surface area is 162 Å². The van der Waals surface area contributed by atoms with E-state index in [1.54, 1.807) is 36.4 Å². The Balaban J connectivity index is 1.87. The van der Waals surface area contributed by atoms with Gasteiger partial charge in [0.05, 0.1) is 26.7 Å². The number of benzene rings is 2. The number of carboxylic acid groups (broad SMARTS) is 1. The molecule has 2 N–H and O–H groups in total. The zero-order valence-corrected chi connectivity index (χ0v) is 15.6. The van der Waals surface area contributed by atoms with Crippen LogP contribution in [0, 0.1) is 0 Å². The van der Waals surface area contributed by atoms with E-state index in [0.717, 1.165) is 0 Å². The number of fused-ring (bicyclic) bond motifs is 1. The maximum absolute atomic E-state index is 12.8. The fourth-order valence-corrected chi connectivity index (χ4v) is 2.95. The molecule has 1 amide bonds. The maximum atomic E-state index is 12.8. The first-order valence-corrected chi connectivity index (χ1v) is 8.66. The summed E-state index contributed by atoms with van der Waals surface area (Å²) in [5.41, 5.74) is 0.878. The van der Waals surface area contributed by atoms with Crippen LogP contribution in [0.3, 0.4) is 0 Å². The number of hydrogen-bond acceptors (Lipinski definition) is 6. The molecule has 2 aromatic rings. The first-order chi connectivity index (χ1) is 13.5. The molecule has 1 aliphatic heterocycles. The van der Waals surface area contributed by atoms with Crippen LogP contribution in [-0.4, -0.2) is 44.4 Å². The van der Waals surface area contributed by atoms with Crippen LogP contribution in [0.25, 0.3) is 0 Å². The Morgan fingerprint density at radius 3 is 2.50 bits per heavy atom. The van der Waals surface area contributed by atoms with Crippen LogP contribution in [-0.2, 0) is 4.79 Å². The van der Waals surface area contributed by atoms with Crippen molar-refractivity contribution < 1.29 is 33.6 Å². The average molecular weight is 387 g/mol. The quantitative estimate of drug-likeness (QED) is 0.752. The smallest absolute Gasteiger partial charge is 0.305 e. The monoisotopic (exact) mass is 387 g/mol. The fourth-order valence-electron chi connectivity index (χ4n) is 2.95. The van der Waals surface area contributed by atoms with Gasteiger partial charge in [0.15, 0.2) is 11.5 Å². The van der Waals surface area contributed by atoms with E-state index in [-0.39, 0.29) is 6.42 Å². The number of carbonyl (C=O) groups is 2. The van der Waals surface area contributed by atoms with Crippen molar-refractivity contribution in [1.29, 1.82) is 0 Å². The lowest BCUT2D eigenvalue weighted by atomic mass is 10.0. The van der Waals surface area contributed by atoms with E-state index in [4.69, 9.17) is 18.9 Å². The number of carboxylic acids is 1. The highest BCUT2D eigenvalue weighted by Crippen LogP contribution is 2.33. The van der Waals surface area contributed by atoms with Crippen molar-refractivity contribution >= 4 is 11.9 Å². The second-order valence-corrected chi connectivity index (χ2v) is 6.09. The van der Waals surface area contributed by atoms with E-state index in [2.05, 4.69) is 5.32 Å². The minimum atomic E-state index is -1.05. The summed E-state index contributed by atoms with van der Waals surface area (Å²) in [6.45, 7) is 0.860. The second-order valence-electron chi connectivity index (χ2n) is 6.09. The average Bonchev–Trinajstić information content (AvgIpc) is 2.72. The number of carbonyl (C=O) groups excluding carboxylic acids is 1. The lowest BCUT2D eigenvalue weighted by Crippen LogP contribution is -2.30. The molecule has 0 saturated carbocycles. The van der Waals surface area contributed by atoms with E-state index in [1.165, 1.54) is 14.2 Å². The summed E-state index contributed by atoms with van der Waals surface area (Å²) in [6.07, 6.45) is -0.307. The summed E-state index contributed by atoms with van der Waals surface area (Å²) in [7, 11) is 2.99. The molecule has 0 radical (unpaired) electrons. The van der Waals surface area contributed by atoms with Gasteiger partial charge in [0.1, 0.15) is 24.7 Å². The van der Waals surface area contributed by atoms with Crippen LogP contribution >= 0.6 is 0 Å². The third kappa shape index (κ3) is 4.28. The third-order valence-corrected chi connectivity index (χ3v) is 4.30. The van der Waals surface area contributed by atoms with Gasteiger partial charge in [-0.3, -0.25) is 9.59 Å². The van der Waals surface area contributed by atoms with E-state index in [0.29, 0.717) is 47.3 Å². The second kappa shape index (κ2) is 8.51. The molecule has 28 heavy (non-hydrogen) atoms. The molecule has 0 bridgehead atoms. The van der Waals surface area contributed by atoms with E-state index in [1.807, 2.05) is 0 Å². The molecule has 0 saturated heterocycles. The summed E-state index contributed by atoms with van der Waals surface area (Å²) in [4.78, 5) is 24.1. The Bertz CT molecular complexity index is 881. The lowest BCUT2D eigenvalue weighted by molar-refractivity contribution is -0.137. The standard InChI is InChI=1S/C20H21NO7/c1-25-13-4-5-14(17(10-13)26-2)15(11-19(22)23)21-20(24)12-3-6-16-18(9-12)28-8-7-27-16/h3-6,9-10,15H,7-8,11H2,1-2H3,(H,21,24)(H,22,23). The Morgan fingerprint density at radius 2 is 1.82 bits per heavy atom. The van der Waals surface area contributed by atoms with Gasteiger partial charge < -0.3 is 29.4 Å². The maximum Gasteiger partial charge on any atom is 0.305 e. The Hall–Kier alpha value is -3.42. The third-order valence-electron chi connectivity index (χ3n) is 4.30. The molecule has 1 aliphatic rings. The van der Waals surface area contributed by atoms with Crippen molar-refractivity contribution in [3.8, 4) is 23.0 Å². The molecule has 3 rings (SSSR count). The van der Waals surface area contributed by atoms with E-state index < -0.39 is 17.9 Å². The number of hydrogen-bond donors (Lipinski definition) is 2. The van der Waals surface area contributed by atoms with Crippen molar-refractivity contribution in [2.24, 2.45) is 0 Å². The molecule has 1 heterocycles. The summed E-state index contributed by atoms with van der Waals surface area (Å²) < 4.78 is 21.5.